The van der Waals surface area contributed by atoms with E-state index in [9.17, 15) is 0 Å². The number of rotatable bonds is 5. The van der Waals surface area contributed by atoms with Crippen LogP contribution in [0.5, 0.6) is 5.75 Å². The predicted molar refractivity (Wildman–Crippen MR) is 74.7 cm³/mol. The fraction of sp³-hybridized carbons (Fsp3) is 0.250. The molecule has 0 spiro atoms. The normalized spacial score (nSPS) is 12.1. The molecule has 0 fully saturated rings. The molecule has 0 heterocycles. The Hall–Kier alpha value is -1.80. The summed E-state index contributed by atoms with van der Waals surface area (Å²) in [5.74, 6) is 0.896. The largest absolute Gasteiger partial charge is 0.494 e. The first-order chi connectivity index (χ1) is 8.79. The van der Waals surface area contributed by atoms with E-state index in [2.05, 4.69) is 12.1 Å². The Bertz CT molecular complexity index is 464. The second-order valence-corrected chi connectivity index (χ2v) is 4.30. The van der Waals surface area contributed by atoms with Gasteiger partial charge >= 0.3 is 0 Å². The molecule has 18 heavy (non-hydrogen) atoms. The van der Waals surface area contributed by atoms with Crippen LogP contribution < -0.4 is 10.5 Å². The Morgan fingerprint density at radius 2 is 1.67 bits per heavy atom. The minimum absolute atomic E-state index is 0.0306. The van der Waals surface area contributed by atoms with Gasteiger partial charge < -0.3 is 10.5 Å². The van der Waals surface area contributed by atoms with Crippen molar-refractivity contribution >= 4 is 0 Å². The Morgan fingerprint density at radius 3 is 2.28 bits per heavy atom. The average molecular weight is 241 g/mol. The molecule has 0 aliphatic carbocycles. The molecule has 1 atom stereocenters. The van der Waals surface area contributed by atoms with Gasteiger partial charge in [0.25, 0.3) is 0 Å². The summed E-state index contributed by atoms with van der Waals surface area (Å²) in [5.41, 5.74) is 8.61. The Labute approximate surface area is 108 Å². The van der Waals surface area contributed by atoms with E-state index in [0.717, 1.165) is 17.7 Å². The highest BCUT2D eigenvalue weighted by atomic mass is 16.5. The van der Waals surface area contributed by atoms with Gasteiger partial charge in [-0.1, -0.05) is 42.5 Å². The van der Waals surface area contributed by atoms with Crippen molar-refractivity contribution in [2.45, 2.75) is 19.4 Å². The molecule has 0 saturated carbocycles. The summed E-state index contributed by atoms with van der Waals surface area (Å²) in [4.78, 5) is 0. The topological polar surface area (TPSA) is 35.2 Å². The molecular weight excluding hydrogens is 222 g/mol. The van der Waals surface area contributed by atoms with E-state index in [0.29, 0.717) is 6.61 Å². The zero-order valence-corrected chi connectivity index (χ0v) is 10.7. The molecule has 2 aromatic rings. The standard InChI is InChI=1S/C16H19NO/c1-2-18-15-10-8-14(9-11-15)16(17)12-13-6-4-3-5-7-13/h3-11,16H,2,12,17H2,1H3. The number of benzene rings is 2. The van der Waals surface area contributed by atoms with Gasteiger partial charge in [0.1, 0.15) is 5.75 Å². The second kappa shape index (κ2) is 6.22. The van der Waals surface area contributed by atoms with Crippen LogP contribution in [0.2, 0.25) is 0 Å². The minimum atomic E-state index is 0.0306. The summed E-state index contributed by atoms with van der Waals surface area (Å²) in [6.45, 7) is 2.67. The molecule has 1 unspecified atom stereocenters. The van der Waals surface area contributed by atoms with Gasteiger partial charge in [-0.25, -0.2) is 0 Å². The number of hydrogen-bond donors (Lipinski definition) is 1. The lowest BCUT2D eigenvalue weighted by molar-refractivity contribution is 0.340. The van der Waals surface area contributed by atoms with Crippen LogP contribution in [0.25, 0.3) is 0 Å². The summed E-state index contributed by atoms with van der Waals surface area (Å²) < 4.78 is 5.42. The van der Waals surface area contributed by atoms with E-state index in [1.807, 2.05) is 49.4 Å². The third kappa shape index (κ3) is 3.34. The molecule has 94 valence electrons. The van der Waals surface area contributed by atoms with Crippen molar-refractivity contribution in [1.82, 2.24) is 0 Å². The van der Waals surface area contributed by atoms with Crippen molar-refractivity contribution in [3.05, 3.63) is 65.7 Å². The summed E-state index contributed by atoms with van der Waals surface area (Å²) in [6, 6.07) is 18.4. The first kappa shape index (κ1) is 12.7. The third-order valence-corrected chi connectivity index (χ3v) is 2.92. The van der Waals surface area contributed by atoms with Crippen LogP contribution in [0.1, 0.15) is 24.1 Å². The lowest BCUT2D eigenvalue weighted by Gasteiger charge is -2.13. The van der Waals surface area contributed by atoms with Gasteiger partial charge in [-0.2, -0.15) is 0 Å². The SMILES string of the molecule is CCOc1ccc(C(N)Cc2ccccc2)cc1. The molecule has 2 nitrogen and oxygen atoms in total. The van der Waals surface area contributed by atoms with Gasteiger partial charge in [0, 0.05) is 6.04 Å². The van der Waals surface area contributed by atoms with Crippen molar-refractivity contribution in [3.8, 4) is 5.75 Å². The number of hydrogen-bond acceptors (Lipinski definition) is 2. The maximum Gasteiger partial charge on any atom is 0.119 e. The van der Waals surface area contributed by atoms with E-state index in [4.69, 9.17) is 10.5 Å². The van der Waals surface area contributed by atoms with Crippen molar-refractivity contribution < 1.29 is 4.74 Å². The summed E-state index contributed by atoms with van der Waals surface area (Å²) in [6.07, 6.45) is 0.856. The van der Waals surface area contributed by atoms with E-state index in [1.165, 1.54) is 5.56 Å². The highest BCUT2D eigenvalue weighted by molar-refractivity contribution is 5.30. The lowest BCUT2D eigenvalue weighted by Crippen LogP contribution is -2.13. The van der Waals surface area contributed by atoms with Gasteiger partial charge in [-0.05, 0) is 36.6 Å². The van der Waals surface area contributed by atoms with Crippen molar-refractivity contribution in [1.29, 1.82) is 0 Å². The van der Waals surface area contributed by atoms with Crippen LogP contribution in [0, 0.1) is 0 Å². The molecule has 2 aromatic carbocycles. The first-order valence-electron chi connectivity index (χ1n) is 6.32. The Balaban J connectivity index is 2.02. The highest BCUT2D eigenvalue weighted by Crippen LogP contribution is 2.19. The maximum atomic E-state index is 6.21. The Morgan fingerprint density at radius 1 is 1.00 bits per heavy atom. The zero-order chi connectivity index (χ0) is 12.8. The number of nitrogens with two attached hydrogens (primary N) is 1. The van der Waals surface area contributed by atoms with Gasteiger partial charge in [0.2, 0.25) is 0 Å². The molecule has 0 aliphatic heterocycles. The predicted octanol–water partition coefficient (Wildman–Crippen LogP) is 3.33. The quantitative estimate of drug-likeness (QED) is 0.871. The zero-order valence-electron chi connectivity index (χ0n) is 10.7. The van der Waals surface area contributed by atoms with Gasteiger partial charge in [-0.3, -0.25) is 0 Å². The van der Waals surface area contributed by atoms with Gasteiger partial charge in [0.15, 0.2) is 0 Å². The van der Waals surface area contributed by atoms with Gasteiger partial charge in [-0.15, -0.1) is 0 Å². The highest BCUT2D eigenvalue weighted by Gasteiger charge is 2.06. The lowest BCUT2D eigenvalue weighted by atomic mass is 10.00. The molecule has 0 aromatic heterocycles. The molecule has 0 saturated heterocycles. The van der Waals surface area contributed by atoms with Crippen molar-refractivity contribution in [3.63, 3.8) is 0 Å². The fourth-order valence-electron chi connectivity index (χ4n) is 1.96. The van der Waals surface area contributed by atoms with E-state index in [-0.39, 0.29) is 6.04 Å². The summed E-state index contributed by atoms with van der Waals surface area (Å²) >= 11 is 0. The van der Waals surface area contributed by atoms with Crippen LogP contribution in [0.4, 0.5) is 0 Å². The molecule has 2 rings (SSSR count). The van der Waals surface area contributed by atoms with Crippen LogP contribution in [-0.2, 0) is 6.42 Å². The van der Waals surface area contributed by atoms with Gasteiger partial charge in [0.05, 0.1) is 6.61 Å². The molecule has 2 heteroatoms. The third-order valence-electron chi connectivity index (χ3n) is 2.92. The smallest absolute Gasteiger partial charge is 0.119 e. The monoisotopic (exact) mass is 241 g/mol. The van der Waals surface area contributed by atoms with E-state index < -0.39 is 0 Å². The fourth-order valence-corrected chi connectivity index (χ4v) is 1.96. The molecule has 2 N–H and O–H groups in total. The molecule has 0 bridgehead atoms. The summed E-state index contributed by atoms with van der Waals surface area (Å²) in [7, 11) is 0. The van der Waals surface area contributed by atoms with Crippen LogP contribution in [-0.4, -0.2) is 6.61 Å². The molecule has 0 aliphatic rings. The van der Waals surface area contributed by atoms with Crippen LogP contribution >= 0.6 is 0 Å². The molecule has 0 amide bonds. The van der Waals surface area contributed by atoms with E-state index in [1.54, 1.807) is 0 Å². The van der Waals surface area contributed by atoms with Crippen LogP contribution in [0.15, 0.2) is 54.6 Å². The minimum Gasteiger partial charge on any atom is -0.494 e. The summed E-state index contributed by atoms with van der Waals surface area (Å²) in [5, 5.41) is 0. The average Bonchev–Trinajstić information content (AvgIpc) is 2.41. The maximum absolute atomic E-state index is 6.21. The van der Waals surface area contributed by atoms with Crippen molar-refractivity contribution in [2.24, 2.45) is 5.73 Å². The molecule has 0 radical (unpaired) electrons. The van der Waals surface area contributed by atoms with Crippen LogP contribution in [0.3, 0.4) is 0 Å². The molecular formula is C16H19NO. The van der Waals surface area contributed by atoms with Crippen molar-refractivity contribution in [2.75, 3.05) is 6.61 Å². The second-order valence-electron chi connectivity index (χ2n) is 4.30. The number of ether oxygens (including phenoxy) is 1. The first-order valence-corrected chi connectivity index (χ1v) is 6.32. The Kier molecular flexibility index (Phi) is 4.37. The van der Waals surface area contributed by atoms with E-state index >= 15 is 0 Å².